The molecule has 0 spiro atoms. The Kier molecular flexibility index (Phi) is 3.45. The van der Waals surface area contributed by atoms with Crippen molar-refractivity contribution in [1.82, 2.24) is 5.32 Å². The highest BCUT2D eigenvalue weighted by Crippen LogP contribution is 2.36. The second-order valence-corrected chi connectivity index (χ2v) is 5.87. The van der Waals surface area contributed by atoms with Crippen LogP contribution in [0.2, 0.25) is 5.02 Å². The first kappa shape index (κ1) is 13.5. The van der Waals surface area contributed by atoms with E-state index >= 15 is 0 Å². The van der Waals surface area contributed by atoms with Crippen LogP contribution in [0.3, 0.4) is 0 Å². The predicted octanol–water partition coefficient (Wildman–Crippen LogP) is 5.05. The first-order valence-electron chi connectivity index (χ1n) is 6.90. The Morgan fingerprint density at radius 2 is 1.85 bits per heavy atom. The molecule has 3 rings (SSSR count). The summed E-state index contributed by atoms with van der Waals surface area (Å²) in [5.74, 6) is 0.987. The van der Waals surface area contributed by atoms with Crippen molar-refractivity contribution in [2.45, 2.75) is 33.4 Å². The zero-order valence-electron chi connectivity index (χ0n) is 12.0. The van der Waals surface area contributed by atoms with Gasteiger partial charge in [-0.05, 0) is 18.6 Å². The molecule has 3 heteroatoms. The Balaban J connectivity index is 2.22. The van der Waals surface area contributed by atoms with E-state index in [4.69, 9.17) is 16.0 Å². The number of fused-ring (bicyclic) bond motifs is 3. The predicted molar refractivity (Wildman–Crippen MR) is 85.4 cm³/mol. The Morgan fingerprint density at radius 1 is 1.15 bits per heavy atom. The number of hydrogen-bond donors (Lipinski definition) is 1. The van der Waals surface area contributed by atoms with Crippen LogP contribution >= 0.6 is 11.6 Å². The van der Waals surface area contributed by atoms with Crippen molar-refractivity contribution in [3.8, 4) is 0 Å². The summed E-state index contributed by atoms with van der Waals surface area (Å²) in [7, 11) is 0. The average molecular weight is 288 g/mol. The Bertz CT molecular complexity index is 773. The summed E-state index contributed by atoms with van der Waals surface area (Å²) >= 11 is 6.39. The summed E-state index contributed by atoms with van der Waals surface area (Å²) in [6.45, 7) is 7.09. The van der Waals surface area contributed by atoms with Gasteiger partial charge in [-0.25, -0.2) is 0 Å². The molecule has 0 aliphatic heterocycles. The van der Waals surface area contributed by atoms with E-state index in [1.165, 1.54) is 5.56 Å². The van der Waals surface area contributed by atoms with E-state index in [0.717, 1.165) is 39.1 Å². The fourth-order valence-electron chi connectivity index (χ4n) is 2.51. The van der Waals surface area contributed by atoms with Crippen LogP contribution in [-0.2, 0) is 6.54 Å². The molecular formula is C17H18ClNO. The van der Waals surface area contributed by atoms with Crippen molar-refractivity contribution >= 4 is 33.3 Å². The molecule has 0 bridgehead atoms. The van der Waals surface area contributed by atoms with Crippen LogP contribution in [0.15, 0.2) is 34.7 Å². The minimum absolute atomic E-state index is 0.433. The number of hydrogen-bond acceptors (Lipinski definition) is 2. The number of rotatable bonds is 3. The lowest BCUT2D eigenvalue weighted by atomic mass is 10.1. The zero-order valence-corrected chi connectivity index (χ0v) is 12.7. The highest BCUT2D eigenvalue weighted by Gasteiger charge is 2.14. The molecule has 2 aromatic carbocycles. The number of benzene rings is 2. The largest absolute Gasteiger partial charge is 0.459 e. The van der Waals surface area contributed by atoms with Gasteiger partial charge in [0.25, 0.3) is 0 Å². The third-order valence-electron chi connectivity index (χ3n) is 3.66. The summed E-state index contributed by atoms with van der Waals surface area (Å²) in [4.78, 5) is 0. The fraction of sp³-hybridized carbons (Fsp3) is 0.294. The second kappa shape index (κ2) is 5.12. The summed E-state index contributed by atoms with van der Waals surface area (Å²) < 4.78 is 6.10. The number of halogens is 1. The molecule has 1 N–H and O–H groups in total. The van der Waals surface area contributed by atoms with E-state index < -0.39 is 0 Å². The maximum Gasteiger partial charge on any atom is 0.142 e. The molecule has 20 heavy (non-hydrogen) atoms. The van der Waals surface area contributed by atoms with Gasteiger partial charge in [-0.15, -0.1) is 0 Å². The third-order valence-corrected chi connectivity index (χ3v) is 3.98. The fourth-order valence-corrected chi connectivity index (χ4v) is 2.78. The summed E-state index contributed by atoms with van der Waals surface area (Å²) in [6, 6.07) is 10.5. The number of nitrogens with one attached hydrogen (secondary N) is 1. The van der Waals surface area contributed by atoms with Crippen LogP contribution in [0.5, 0.6) is 0 Å². The van der Waals surface area contributed by atoms with E-state index in [2.05, 4.69) is 32.2 Å². The number of aryl methyl sites for hydroxylation is 1. The second-order valence-electron chi connectivity index (χ2n) is 5.47. The quantitative estimate of drug-likeness (QED) is 0.729. The Morgan fingerprint density at radius 3 is 2.55 bits per heavy atom. The van der Waals surface area contributed by atoms with Gasteiger partial charge in [0.05, 0.1) is 6.54 Å². The molecule has 2 nitrogen and oxygen atoms in total. The van der Waals surface area contributed by atoms with Gasteiger partial charge in [0.15, 0.2) is 0 Å². The van der Waals surface area contributed by atoms with E-state index in [1.807, 2.05) is 24.3 Å². The van der Waals surface area contributed by atoms with Crippen LogP contribution in [-0.4, -0.2) is 6.04 Å². The van der Waals surface area contributed by atoms with Gasteiger partial charge in [0.1, 0.15) is 11.3 Å². The normalized spacial score (nSPS) is 11.8. The maximum absolute atomic E-state index is 6.39. The molecule has 0 aliphatic carbocycles. The molecule has 0 amide bonds. The van der Waals surface area contributed by atoms with Gasteiger partial charge in [-0.1, -0.05) is 49.7 Å². The van der Waals surface area contributed by atoms with E-state index in [-0.39, 0.29) is 0 Å². The van der Waals surface area contributed by atoms with Crippen molar-refractivity contribution in [3.05, 3.63) is 46.7 Å². The molecule has 0 fully saturated rings. The third kappa shape index (κ3) is 2.19. The van der Waals surface area contributed by atoms with Crippen molar-refractivity contribution in [1.29, 1.82) is 0 Å². The van der Waals surface area contributed by atoms with Gasteiger partial charge in [0, 0.05) is 27.2 Å². The maximum atomic E-state index is 6.39. The molecule has 104 valence electrons. The molecule has 0 radical (unpaired) electrons. The lowest BCUT2D eigenvalue weighted by molar-refractivity contribution is 0.486. The van der Waals surface area contributed by atoms with Crippen LogP contribution < -0.4 is 5.32 Å². The van der Waals surface area contributed by atoms with Crippen LogP contribution in [0.4, 0.5) is 0 Å². The SMILES string of the molecule is Cc1c(CNC(C)C)oc2c1cc(Cl)c1ccccc12. The summed E-state index contributed by atoms with van der Waals surface area (Å²) in [6.07, 6.45) is 0. The first-order chi connectivity index (χ1) is 9.58. The molecule has 0 unspecified atom stereocenters. The molecule has 0 saturated heterocycles. The highest BCUT2D eigenvalue weighted by atomic mass is 35.5. The van der Waals surface area contributed by atoms with Crippen molar-refractivity contribution in [2.75, 3.05) is 0 Å². The van der Waals surface area contributed by atoms with Gasteiger partial charge in [-0.3, -0.25) is 0 Å². The minimum Gasteiger partial charge on any atom is -0.459 e. The Hall–Kier alpha value is -1.51. The van der Waals surface area contributed by atoms with Crippen molar-refractivity contribution < 1.29 is 4.42 Å². The lowest BCUT2D eigenvalue weighted by Gasteiger charge is -2.05. The van der Waals surface area contributed by atoms with Crippen LogP contribution in [0.25, 0.3) is 21.7 Å². The van der Waals surface area contributed by atoms with Crippen LogP contribution in [0.1, 0.15) is 25.2 Å². The van der Waals surface area contributed by atoms with Gasteiger partial charge in [-0.2, -0.15) is 0 Å². The molecule has 0 aliphatic rings. The molecule has 1 aromatic heterocycles. The number of furan rings is 1. The van der Waals surface area contributed by atoms with Gasteiger partial charge < -0.3 is 9.73 Å². The molecule has 0 saturated carbocycles. The lowest BCUT2D eigenvalue weighted by Crippen LogP contribution is -2.21. The Labute approximate surface area is 123 Å². The zero-order chi connectivity index (χ0) is 14.3. The van der Waals surface area contributed by atoms with E-state index in [0.29, 0.717) is 6.04 Å². The first-order valence-corrected chi connectivity index (χ1v) is 7.28. The molecule has 0 atom stereocenters. The van der Waals surface area contributed by atoms with E-state index in [1.54, 1.807) is 0 Å². The minimum atomic E-state index is 0.433. The average Bonchev–Trinajstić information content (AvgIpc) is 2.74. The summed E-state index contributed by atoms with van der Waals surface area (Å²) in [5.41, 5.74) is 2.10. The standard InChI is InChI=1S/C17H18ClNO/c1-10(2)19-9-16-11(3)14-8-15(18)12-6-4-5-7-13(12)17(14)20-16/h4-8,10,19H,9H2,1-3H3. The highest BCUT2D eigenvalue weighted by molar-refractivity contribution is 6.37. The van der Waals surface area contributed by atoms with Crippen molar-refractivity contribution in [2.24, 2.45) is 0 Å². The van der Waals surface area contributed by atoms with Crippen molar-refractivity contribution in [3.63, 3.8) is 0 Å². The smallest absolute Gasteiger partial charge is 0.142 e. The molecule has 1 heterocycles. The van der Waals surface area contributed by atoms with Gasteiger partial charge in [0.2, 0.25) is 0 Å². The van der Waals surface area contributed by atoms with Gasteiger partial charge >= 0.3 is 0 Å². The summed E-state index contributed by atoms with van der Waals surface area (Å²) in [5, 5.41) is 7.40. The topological polar surface area (TPSA) is 25.2 Å². The molecular weight excluding hydrogens is 270 g/mol. The molecule has 3 aromatic rings. The van der Waals surface area contributed by atoms with E-state index in [9.17, 15) is 0 Å². The monoisotopic (exact) mass is 287 g/mol. The van der Waals surface area contributed by atoms with Crippen LogP contribution in [0, 0.1) is 6.92 Å².